The molecule has 0 unspecified atom stereocenters. The lowest BCUT2D eigenvalue weighted by atomic mass is 10.2. The van der Waals surface area contributed by atoms with Gasteiger partial charge in [0.05, 0.1) is 12.1 Å². The van der Waals surface area contributed by atoms with E-state index in [4.69, 9.17) is 0 Å². The average molecular weight is 304 g/mol. The van der Waals surface area contributed by atoms with Crippen LogP contribution in [0.15, 0.2) is 53.5 Å². The smallest absolute Gasteiger partial charge is 0.276 e. The molecule has 1 amide bonds. The topological polar surface area (TPSA) is 87.7 Å². The normalized spacial score (nSPS) is 9.91. The molecule has 0 radical (unpaired) electrons. The first-order chi connectivity index (χ1) is 11.3. The zero-order chi connectivity index (χ0) is 16.1. The number of nitrogens with zero attached hydrogens (tertiary/aromatic N) is 2. The molecule has 0 aliphatic carbocycles. The molecular weight excluding hydrogens is 292 g/mol. The predicted octanol–water partition coefficient (Wildman–Crippen LogP) is 1.10. The fourth-order valence-corrected chi connectivity index (χ4v) is 2.01. The van der Waals surface area contributed by atoms with Crippen molar-refractivity contribution in [3.8, 4) is 11.8 Å². The number of benzene rings is 1. The number of nitrogens with one attached hydrogen (secondary N) is 2. The number of carbonyl (C=O) groups is 1. The van der Waals surface area contributed by atoms with E-state index in [2.05, 4.69) is 32.3 Å². The van der Waals surface area contributed by atoms with Crippen LogP contribution in [0.3, 0.4) is 0 Å². The molecule has 2 N–H and O–H groups in total. The van der Waals surface area contributed by atoms with E-state index in [0.717, 1.165) is 0 Å². The van der Waals surface area contributed by atoms with E-state index in [1.54, 1.807) is 42.6 Å². The molecule has 0 saturated heterocycles. The van der Waals surface area contributed by atoms with E-state index in [0.29, 0.717) is 16.6 Å². The van der Waals surface area contributed by atoms with Crippen molar-refractivity contribution in [2.45, 2.75) is 0 Å². The van der Waals surface area contributed by atoms with E-state index < -0.39 is 11.3 Å². The Morgan fingerprint density at radius 3 is 2.83 bits per heavy atom. The number of H-pyrrole nitrogens is 1. The van der Waals surface area contributed by atoms with E-state index in [1.807, 2.05) is 6.07 Å². The third-order valence-electron chi connectivity index (χ3n) is 3.11. The van der Waals surface area contributed by atoms with Gasteiger partial charge < -0.3 is 5.32 Å². The summed E-state index contributed by atoms with van der Waals surface area (Å²) in [7, 11) is 0. The summed E-state index contributed by atoms with van der Waals surface area (Å²) in [5.74, 6) is 5.03. The first-order valence-electron chi connectivity index (χ1n) is 6.91. The van der Waals surface area contributed by atoms with Crippen LogP contribution in [0, 0.1) is 11.8 Å². The van der Waals surface area contributed by atoms with Crippen molar-refractivity contribution in [2.24, 2.45) is 0 Å². The molecule has 0 bridgehead atoms. The second kappa shape index (κ2) is 6.54. The highest BCUT2D eigenvalue weighted by molar-refractivity contribution is 5.95. The third-order valence-corrected chi connectivity index (χ3v) is 3.11. The van der Waals surface area contributed by atoms with Gasteiger partial charge >= 0.3 is 0 Å². The van der Waals surface area contributed by atoms with Gasteiger partial charge in [-0.05, 0) is 30.2 Å². The molecule has 0 aliphatic heterocycles. The Balaban J connectivity index is 1.73. The molecule has 112 valence electrons. The molecule has 0 aliphatic rings. The van der Waals surface area contributed by atoms with E-state index in [1.165, 1.54) is 0 Å². The van der Waals surface area contributed by atoms with Gasteiger partial charge in [-0.3, -0.25) is 14.7 Å². The zero-order valence-electron chi connectivity index (χ0n) is 12.0. The second-order valence-corrected chi connectivity index (χ2v) is 4.65. The Hall–Kier alpha value is -3.46. The quantitative estimate of drug-likeness (QED) is 0.694. The Labute approximate surface area is 131 Å². The van der Waals surface area contributed by atoms with Crippen molar-refractivity contribution >= 4 is 16.8 Å². The Morgan fingerprint density at radius 1 is 1.17 bits per heavy atom. The van der Waals surface area contributed by atoms with Crippen molar-refractivity contribution in [3.05, 3.63) is 70.3 Å². The standard InChI is InChI=1S/C17H12N4O2/c22-16-13-8-1-2-9-14(13)20-21-15(16)17(23)19-11-5-7-12-6-3-4-10-18-12/h1-4,6,8-10H,11H2,(H,19,23)(H,20,22). The first kappa shape index (κ1) is 14.5. The monoisotopic (exact) mass is 304 g/mol. The molecule has 0 fully saturated rings. The molecule has 2 aromatic heterocycles. The predicted molar refractivity (Wildman–Crippen MR) is 85.8 cm³/mol. The molecule has 0 atom stereocenters. The minimum atomic E-state index is -0.563. The van der Waals surface area contributed by atoms with Gasteiger partial charge in [-0.1, -0.05) is 24.1 Å². The van der Waals surface area contributed by atoms with Crippen LogP contribution < -0.4 is 10.7 Å². The largest absolute Gasteiger partial charge is 0.340 e. The number of amides is 1. The number of fused-ring (bicyclic) bond motifs is 1. The fraction of sp³-hybridized carbons (Fsp3) is 0.0588. The number of hydrogen-bond donors (Lipinski definition) is 2. The summed E-state index contributed by atoms with van der Waals surface area (Å²) in [5.41, 5.74) is 0.616. The number of aromatic amines is 1. The van der Waals surface area contributed by atoms with Gasteiger partial charge in [0.2, 0.25) is 5.43 Å². The van der Waals surface area contributed by atoms with Gasteiger partial charge in [-0.25, -0.2) is 4.98 Å². The van der Waals surface area contributed by atoms with E-state index in [-0.39, 0.29) is 12.2 Å². The van der Waals surface area contributed by atoms with Crippen LogP contribution in [0.4, 0.5) is 0 Å². The number of carbonyl (C=O) groups excluding carboxylic acids is 1. The summed E-state index contributed by atoms with van der Waals surface area (Å²) in [6.45, 7) is 0.101. The molecule has 6 nitrogen and oxygen atoms in total. The highest BCUT2D eigenvalue weighted by atomic mass is 16.2. The van der Waals surface area contributed by atoms with Crippen molar-refractivity contribution < 1.29 is 4.79 Å². The SMILES string of the molecule is O=C(NCC#Cc1ccccn1)c1n[nH]c2ccccc2c1=O. The third kappa shape index (κ3) is 3.24. The highest BCUT2D eigenvalue weighted by Gasteiger charge is 2.13. The molecule has 0 saturated carbocycles. The van der Waals surface area contributed by atoms with Gasteiger partial charge in [0.25, 0.3) is 5.91 Å². The summed E-state index contributed by atoms with van der Waals surface area (Å²) in [4.78, 5) is 28.3. The van der Waals surface area contributed by atoms with Crippen molar-refractivity contribution in [1.29, 1.82) is 0 Å². The fourth-order valence-electron chi connectivity index (χ4n) is 2.01. The number of para-hydroxylation sites is 1. The van der Waals surface area contributed by atoms with Gasteiger partial charge in [-0.2, -0.15) is 5.10 Å². The molecule has 23 heavy (non-hydrogen) atoms. The maximum absolute atomic E-state index is 12.2. The van der Waals surface area contributed by atoms with Crippen LogP contribution in [0.1, 0.15) is 16.2 Å². The van der Waals surface area contributed by atoms with Gasteiger partial charge in [-0.15, -0.1) is 0 Å². The van der Waals surface area contributed by atoms with Crippen LogP contribution in [0.2, 0.25) is 0 Å². The Kier molecular flexibility index (Phi) is 4.11. The molecular formula is C17H12N4O2. The first-order valence-corrected chi connectivity index (χ1v) is 6.91. The summed E-state index contributed by atoms with van der Waals surface area (Å²) in [6.07, 6.45) is 1.64. The number of aromatic nitrogens is 3. The Bertz CT molecular complexity index is 968. The minimum Gasteiger partial charge on any atom is -0.340 e. The molecule has 3 rings (SSSR count). The van der Waals surface area contributed by atoms with Gasteiger partial charge in [0.15, 0.2) is 5.69 Å². The van der Waals surface area contributed by atoms with Gasteiger partial charge in [0, 0.05) is 11.6 Å². The van der Waals surface area contributed by atoms with Crippen LogP contribution in [-0.2, 0) is 0 Å². The number of pyridine rings is 1. The average Bonchev–Trinajstić information content (AvgIpc) is 2.60. The highest BCUT2D eigenvalue weighted by Crippen LogP contribution is 2.04. The summed E-state index contributed by atoms with van der Waals surface area (Å²) < 4.78 is 0. The lowest BCUT2D eigenvalue weighted by Crippen LogP contribution is -2.30. The number of hydrogen-bond acceptors (Lipinski definition) is 4. The summed E-state index contributed by atoms with van der Waals surface area (Å²) >= 11 is 0. The maximum Gasteiger partial charge on any atom is 0.276 e. The zero-order valence-corrected chi connectivity index (χ0v) is 12.0. The van der Waals surface area contributed by atoms with Crippen molar-refractivity contribution in [1.82, 2.24) is 20.5 Å². The molecule has 3 aromatic rings. The van der Waals surface area contributed by atoms with Crippen LogP contribution in [0.25, 0.3) is 10.9 Å². The van der Waals surface area contributed by atoms with E-state index in [9.17, 15) is 9.59 Å². The van der Waals surface area contributed by atoms with Crippen molar-refractivity contribution in [3.63, 3.8) is 0 Å². The van der Waals surface area contributed by atoms with Crippen LogP contribution in [0.5, 0.6) is 0 Å². The van der Waals surface area contributed by atoms with Crippen LogP contribution in [-0.4, -0.2) is 27.6 Å². The number of rotatable bonds is 2. The van der Waals surface area contributed by atoms with E-state index >= 15 is 0 Å². The second-order valence-electron chi connectivity index (χ2n) is 4.65. The minimum absolute atomic E-state index is 0.101. The molecule has 1 aromatic carbocycles. The molecule has 2 heterocycles. The Morgan fingerprint density at radius 2 is 2.00 bits per heavy atom. The lowest BCUT2D eigenvalue weighted by Gasteiger charge is -2.01. The molecule has 0 spiro atoms. The van der Waals surface area contributed by atoms with Crippen LogP contribution >= 0.6 is 0 Å². The summed E-state index contributed by atoms with van der Waals surface area (Å²) in [5, 5.41) is 9.51. The summed E-state index contributed by atoms with van der Waals surface area (Å²) in [6, 6.07) is 12.3. The van der Waals surface area contributed by atoms with Crippen molar-refractivity contribution in [2.75, 3.05) is 6.54 Å². The maximum atomic E-state index is 12.2. The van der Waals surface area contributed by atoms with Gasteiger partial charge in [0.1, 0.15) is 5.69 Å². The molecule has 6 heteroatoms. The lowest BCUT2D eigenvalue weighted by molar-refractivity contribution is 0.0952.